The molecule has 0 atom stereocenters. The lowest BCUT2D eigenvalue weighted by atomic mass is 9.73. The van der Waals surface area contributed by atoms with Gasteiger partial charge in [-0.25, -0.2) is 4.79 Å². The first-order valence-corrected chi connectivity index (χ1v) is 8.40. The molecule has 1 spiro atoms. The zero-order chi connectivity index (χ0) is 16.7. The van der Waals surface area contributed by atoms with Crippen LogP contribution >= 0.6 is 0 Å². The Morgan fingerprint density at radius 3 is 2.52 bits per heavy atom. The number of hydrogen-bond acceptors (Lipinski definition) is 3. The summed E-state index contributed by atoms with van der Waals surface area (Å²) in [6.07, 6.45) is 4.78. The van der Waals surface area contributed by atoms with Gasteiger partial charge in [0.1, 0.15) is 11.9 Å². The Morgan fingerprint density at radius 1 is 1.22 bits per heavy atom. The third kappa shape index (κ3) is 3.12. The zero-order valence-corrected chi connectivity index (χ0v) is 14.2. The molecule has 1 aromatic rings. The molecule has 1 amide bonds. The molecule has 124 valence electrons. The van der Waals surface area contributed by atoms with Crippen molar-refractivity contribution in [3.8, 4) is 0 Å². The topological polar surface area (TPSA) is 46.6 Å². The van der Waals surface area contributed by atoms with Crippen molar-refractivity contribution in [1.29, 1.82) is 0 Å². The highest BCUT2D eigenvalue weighted by Gasteiger charge is 2.42. The van der Waals surface area contributed by atoms with Gasteiger partial charge in [0.2, 0.25) is 0 Å². The Labute approximate surface area is 137 Å². The van der Waals surface area contributed by atoms with Crippen LogP contribution in [0.3, 0.4) is 0 Å². The van der Waals surface area contributed by atoms with Gasteiger partial charge in [0.15, 0.2) is 0 Å². The van der Waals surface area contributed by atoms with Crippen molar-refractivity contribution in [2.24, 2.45) is 0 Å². The van der Waals surface area contributed by atoms with Gasteiger partial charge in [0.25, 0.3) is 0 Å². The van der Waals surface area contributed by atoms with Gasteiger partial charge in [-0.15, -0.1) is 0 Å². The van der Waals surface area contributed by atoms with Gasteiger partial charge in [-0.05, 0) is 69.1 Å². The molecule has 1 fully saturated rings. The monoisotopic (exact) mass is 315 g/mol. The summed E-state index contributed by atoms with van der Waals surface area (Å²) in [5.74, 6) is 0. The first-order chi connectivity index (χ1) is 10.8. The number of benzene rings is 1. The Hall–Kier alpha value is -1.84. The molecule has 1 aliphatic carbocycles. The molecular weight excluding hydrogens is 290 g/mol. The van der Waals surface area contributed by atoms with E-state index in [4.69, 9.17) is 4.74 Å². The van der Waals surface area contributed by atoms with E-state index in [2.05, 4.69) is 12.1 Å². The number of carbonyl (C=O) groups is 2. The van der Waals surface area contributed by atoms with Crippen molar-refractivity contribution in [1.82, 2.24) is 4.90 Å². The maximum absolute atomic E-state index is 12.2. The van der Waals surface area contributed by atoms with Gasteiger partial charge in [0.05, 0.1) is 0 Å². The summed E-state index contributed by atoms with van der Waals surface area (Å²) in [5, 5.41) is 0. The van der Waals surface area contributed by atoms with Gasteiger partial charge in [0, 0.05) is 18.7 Å². The Morgan fingerprint density at radius 2 is 1.91 bits per heavy atom. The highest BCUT2D eigenvalue weighted by atomic mass is 16.6. The first-order valence-electron chi connectivity index (χ1n) is 8.40. The quantitative estimate of drug-likeness (QED) is 0.742. The molecule has 1 aliphatic heterocycles. The molecule has 3 rings (SSSR count). The minimum Gasteiger partial charge on any atom is -0.444 e. The van der Waals surface area contributed by atoms with Crippen LogP contribution < -0.4 is 0 Å². The molecule has 4 nitrogen and oxygen atoms in total. The lowest BCUT2D eigenvalue weighted by Gasteiger charge is -2.40. The fourth-order valence-electron chi connectivity index (χ4n) is 3.85. The Bertz CT molecular complexity index is 622. The minimum absolute atomic E-state index is 0.132. The number of rotatable bonds is 1. The van der Waals surface area contributed by atoms with Crippen LogP contribution in [0.2, 0.25) is 0 Å². The highest BCUT2D eigenvalue weighted by Crippen LogP contribution is 2.46. The maximum Gasteiger partial charge on any atom is 0.410 e. The summed E-state index contributed by atoms with van der Waals surface area (Å²) < 4.78 is 5.47. The number of aldehydes is 1. The van der Waals surface area contributed by atoms with E-state index < -0.39 is 5.60 Å². The van der Waals surface area contributed by atoms with Gasteiger partial charge in [-0.3, -0.25) is 4.79 Å². The molecule has 1 aromatic carbocycles. The average Bonchev–Trinajstić information content (AvgIpc) is 2.84. The van der Waals surface area contributed by atoms with Crippen LogP contribution in [0.1, 0.15) is 61.5 Å². The van der Waals surface area contributed by atoms with Gasteiger partial charge in [-0.2, -0.15) is 0 Å². The molecule has 4 heteroatoms. The molecule has 23 heavy (non-hydrogen) atoms. The number of ether oxygens (including phenoxy) is 1. The summed E-state index contributed by atoms with van der Waals surface area (Å²) in [6, 6.07) is 6.05. The lowest BCUT2D eigenvalue weighted by molar-refractivity contribution is 0.0164. The average molecular weight is 315 g/mol. The predicted octanol–water partition coefficient (Wildman–Crippen LogP) is 3.71. The van der Waals surface area contributed by atoms with Crippen LogP contribution in [-0.4, -0.2) is 36.0 Å². The van der Waals surface area contributed by atoms with Gasteiger partial charge in [-0.1, -0.05) is 12.1 Å². The number of carbonyl (C=O) groups excluding carboxylic acids is 2. The SMILES string of the molecule is CC(C)(C)OC(=O)N1CCC2(CCc3ccc(C=O)cc32)CC1. The maximum atomic E-state index is 12.2. The number of amides is 1. The van der Waals surface area contributed by atoms with Gasteiger partial charge >= 0.3 is 6.09 Å². The van der Waals surface area contributed by atoms with Gasteiger partial charge < -0.3 is 9.64 Å². The van der Waals surface area contributed by atoms with Crippen molar-refractivity contribution in [3.63, 3.8) is 0 Å². The number of fused-ring (bicyclic) bond motifs is 2. The minimum atomic E-state index is -0.453. The second kappa shape index (κ2) is 5.66. The van der Waals surface area contributed by atoms with E-state index in [1.54, 1.807) is 0 Å². The normalized spacial score (nSPS) is 19.5. The van der Waals surface area contributed by atoms with E-state index in [1.165, 1.54) is 11.1 Å². The second-order valence-electron chi connectivity index (χ2n) is 7.78. The van der Waals surface area contributed by atoms with Crippen molar-refractivity contribution < 1.29 is 14.3 Å². The molecule has 0 unspecified atom stereocenters. The van der Waals surface area contributed by atoms with Crippen molar-refractivity contribution >= 4 is 12.4 Å². The molecule has 0 N–H and O–H groups in total. The second-order valence-corrected chi connectivity index (χ2v) is 7.78. The molecule has 2 aliphatic rings. The van der Waals surface area contributed by atoms with E-state index in [-0.39, 0.29) is 11.5 Å². The van der Waals surface area contributed by atoms with Crippen LogP contribution in [-0.2, 0) is 16.6 Å². The van der Waals surface area contributed by atoms with Crippen LogP contribution in [0.25, 0.3) is 0 Å². The summed E-state index contributed by atoms with van der Waals surface area (Å²) in [6.45, 7) is 7.12. The van der Waals surface area contributed by atoms with Crippen LogP contribution in [0, 0.1) is 0 Å². The standard InChI is InChI=1S/C19H25NO3/c1-18(2,3)23-17(22)20-10-8-19(9-11-20)7-6-15-5-4-14(13-21)12-16(15)19/h4-5,12-13H,6-11H2,1-3H3. The van der Waals surface area contributed by atoms with E-state index >= 15 is 0 Å². The molecule has 1 heterocycles. The fourth-order valence-corrected chi connectivity index (χ4v) is 3.85. The summed E-state index contributed by atoms with van der Waals surface area (Å²) in [7, 11) is 0. The number of hydrogen-bond donors (Lipinski definition) is 0. The predicted molar refractivity (Wildman–Crippen MR) is 88.9 cm³/mol. The lowest BCUT2D eigenvalue weighted by Crippen LogP contribution is -2.46. The van der Waals surface area contributed by atoms with Crippen LogP contribution in [0.4, 0.5) is 4.79 Å². The van der Waals surface area contributed by atoms with Crippen LogP contribution in [0.5, 0.6) is 0 Å². The third-order valence-corrected chi connectivity index (χ3v) is 5.09. The molecule has 0 radical (unpaired) electrons. The molecule has 0 saturated carbocycles. The Balaban J connectivity index is 1.73. The number of piperidine rings is 1. The largest absolute Gasteiger partial charge is 0.444 e. The summed E-state index contributed by atoms with van der Waals surface area (Å²) >= 11 is 0. The molecular formula is C19H25NO3. The van der Waals surface area contributed by atoms with Crippen molar-refractivity contribution in [2.75, 3.05) is 13.1 Å². The summed E-state index contributed by atoms with van der Waals surface area (Å²) in [5.41, 5.74) is 3.12. The smallest absolute Gasteiger partial charge is 0.410 e. The number of nitrogens with zero attached hydrogens (tertiary/aromatic N) is 1. The van der Waals surface area contributed by atoms with Crippen molar-refractivity contribution in [2.45, 2.75) is 57.5 Å². The summed E-state index contributed by atoms with van der Waals surface area (Å²) in [4.78, 5) is 25.1. The third-order valence-electron chi connectivity index (χ3n) is 5.09. The fraction of sp³-hybridized carbons (Fsp3) is 0.579. The van der Waals surface area contributed by atoms with E-state index in [0.717, 1.165) is 50.6 Å². The van der Waals surface area contributed by atoms with Crippen molar-refractivity contribution in [3.05, 3.63) is 34.9 Å². The number of aryl methyl sites for hydroxylation is 1. The Kier molecular flexibility index (Phi) is 3.95. The van der Waals surface area contributed by atoms with E-state index in [9.17, 15) is 9.59 Å². The van der Waals surface area contributed by atoms with E-state index in [0.29, 0.717) is 0 Å². The first kappa shape index (κ1) is 16.0. The number of likely N-dealkylation sites (tertiary alicyclic amines) is 1. The molecule has 0 aromatic heterocycles. The molecule has 1 saturated heterocycles. The van der Waals surface area contributed by atoms with Crippen LogP contribution in [0.15, 0.2) is 18.2 Å². The zero-order valence-electron chi connectivity index (χ0n) is 14.2. The molecule has 0 bridgehead atoms. The van der Waals surface area contributed by atoms with E-state index in [1.807, 2.05) is 31.7 Å². The highest BCUT2D eigenvalue weighted by molar-refractivity contribution is 5.76.